The molecule has 0 saturated carbocycles. The van der Waals surface area contributed by atoms with Gasteiger partial charge in [0, 0.05) is 17.4 Å². The molecule has 0 radical (unpaired) electrons. The van der Waals surface area contributed by atoms with Crippen molar-refractivity contribution >= 4 is 35.3 Å². The third kappa shape index (κ3) is 8.04. The van der Waals surface area contributed by atoms with Crippen LogP contribution in [0.3, 0.4) is 0 Å². The summed E-state index contributed by atoms with van der Waals surface area (Å²) >= 11 is 1.84. The van der Waals surface area contributed by atoms with E-state index in [1.807, 2.05) is 18.7 Å². The molecule has 10 heteroatoms. The first-order valence-corrected chi connectivity index (χ1v) is 12.9. The number of carbonyl (C=O) groups excluding carboxylic acids is 4. The Hall–Kier alpha value is -1.65. The van der Waals surface area contributed by atoms with Gasteiger partial charge in [-0.25, -0.2) is 4.79 Å². The lowest BCUT2D eigenvalue weighted by Gasteiger charge is -2.20. The third-order valence-corrected chi connectivity index (χ3v) is 7.65. The first kappa shape index (κ1) is 26.6. The van der Waals surface area contributed by atoms with Gasteiger partial charge in [0.1, 0.15) is 0 Å². The van der Waals surface area contributed by atoms with Crippen LogP contribution in [0.1, 0.15) is 71.1 Å². The fraction of sp³-hybridized carbons (Fsp3) is 0.818. The van der Waals surface area contributed by atoms with Crippen LogP contribution in [0.2, 0.25) is 0 Å². The van der Waals surface area contributed by atoms with Crippen molar-refractivity contribution in [3.8, 4) is 0 Å². The molecule has 0 aromatic rings. The molecule has 2 saturated heterocycles. The number of nitrogens with one attached hydrogen (secondary N) is 3. The fourth-order valence-electron chi connectivity index (χ4n) is 4.19. The SMILES string of the molecule is CCCC[C@H](NC(=O)[C@@H](N)CCCCN)C(=O)C(=O)CCCC[C@@H]1SC[C@@H]2NC(=O)N[C@@H]21. The highest BCUT2D eigenvalue weighted by molar-refractivity contribution is 8.00. The summed E-state index contributed by atoms with van der Waals surface area (Å²) in [4.78, 5) is 49.1. The van der Waals surface area contributed by atoms with E-state index in [9.17, 15) is 19.2 Å². The van der Waals surface area contributed by atoms with Crippen LogP contribution in [0.5, 0.6) is 0 Å². The Bertz CT molecular complexity index is 662. The van der Waals surface area contributed by atoms with E-state index in [-0.39, 0.29) is 30.4 Å². The maximum absolute atomic E-state index is 12.7. The van der Waals surface area contributed by atoms with E-state index in [2.05, 4.69) is 16.0 Å². The molecule has 2 fully saturated rings. The van der Waals surface area contributed by atoms with Gasteiger partial charge in [-0.15, -0.1) is 0 Å². The largest absolute Gasteiger partial charge is 0.344 e. The van der Waals surface area contributed by atoms with Crippen molar-refractivity contribution < 1.29 is 19.2 Å². The van der Waals surface area contributed by atoms with E-state index in [0.29, 0.717) is 31.1 Å². The molecular weight excluding hydrogens is 430 g/mol. The van der Waals surface area contributed by atoms with Gasteiger partial charge in [0.25, 0.3) is 0 Å². The van der Waals surface area contributed by atoms with Crippen LogP contribution < -0.4 is 27.4 Å². The summed E-state index contributed by atoms with van der Waals surface area (Å²) in [6.45, 7) is 2.55. The Balaban J connectivity index is 1.75. The normalized spacial score (nSPS) is 23.7. The first-order chi connectivity index (χ1) is 15.4. The zero-order chi connectivity index (χ0) is 23.5. The second-order valence-corrected chi connectivity index (χ2v) is 10.0. The summed E-state index contributed by atoms with van der Waals surface area (Å²) in [5, 5.41) is 8.92. The van der Waals surface area contributed by atoms with Crippen molar-refractivity contribution in [2.45, 2.75) is 101 Å². The smallest absolute Gasteiger partial charge is 0.315 e. The summed E-state index contributed by atoms with van der Waals surface area (Å²) in [5.74, 6) is -0.442. The number of rotatable bonds is 16. The predicted octanol–water partition coefficient (Wildman–Crippen LogP) is 0.982. The minimum Gasteiger partial charge on any atom is -0.344 e. The zero-order valence-electron chi connectivity index (χ0n) is 19.1. The number of amides is 3. The van der Waals surface area contributed by atoms with Crippen molar-refractivity contribution in [3.05, 3.63) is 0 Å². The number of thioether (sulfide) groups is 1. The number of fused-ring (bicyclic) bond motifs is 1. The Morgan fingerprint density at radius 1 is 1.12 bits per heavy atom. The molecule has 0 aromatic heterocycles. The molecule has 2 heterocycles. The van der Waals surface area contributed by atoms with Gasteiger partial charge in [0.05, 0.1) is 24.2 Å². The van der Waals surface area contributed by atoms with Crippen molar-refractivity contribution in [2.75, 3.05) is 12.3 Å². The van der Waals surface area contributed by atoms with Gasteiger partial charge in [-0.1, -0.05) is 32.6 Å². The second kappa shape index (κ2) is 13.8. The molecule has 5 atom stereocenters. The quantitative estimate of drug-likeness (QED) is 0.128. The Morgan fingerprint density at radius 2 is 1.91 bits per heavy atom. The van der Waals surface area contributed by atoms with Crippen LogP contribution in [0.4, 0.5) is 4.79 Å². The van der Waals surface area contributed by atoms with Gasteiger partial charge in [0.15, 0.2) is 0 Å². The number of ketones is 2. The Labute approximate surface area is 194 Å². The van der Waals surface area contributed by atoms with Gasteiger partial charge in [-0.05, 0) is 38.6 Å². The molecule has 9 nitrogen and oxygen atoms in total. The highest BCUT2D eigenvalue weighted by atomic mass is 32.2. The monoisotopic (exact) mass is 469 g/mol. The maximum atomic E-state index is 12.7. The number of hydrogen-bond acceptors (Lipinski definition) is 7. The van der Waals surface area contributed by atoms with Gasteiger partial charge >= 0.3 is 6.03 Å². The third-order valence-electron chi connectivity index (χ3n) is 6.14. The summed E-state index contributed by atoms with van der Waals surface area (Å²) in [6, 6.07) is -1.28. The number of urea groups is 1. The average molecular weight is 470 g/mol. The van der Waals surface area contributed by atoms with E-state index in [4.69, 9.17) is 11.5 Å². The standard InChI is InChI=1S/C22H39N5O4S/c1-2-3-9-15(25-21(30)14(24)8-6-7-12-23)20(29)17(28)10-4-5-11-18-19-16(13-32-18)26-22(31)27-19/h14-16,18-19H,2-13,23-24H2,1H3,(H,25,30)(H2,26,27,31)/t14-,15-,16-,18-,19-/m0/s1. The molecule has 0 spiro atoms. The van der Waals surface area contributed by atoms with Crippen LogP contribution in [0, 0.1) is 0 Å². The Morgan fingerprint density at radius 3 is 2.62 bits per heavy atom. The summed E-state index contributed by atoms with van der Waals surface area (Å²) < 4.78 is 0. The van der Waals surface area contributed by atoms with Crippen LogP contribution in [-0.2, 0) is 14.4 Å². The number of unbranched alkanes of at least 4 members (excludes halogenated alkanes) is 3. The summed E-state index contributed by atoms with van der Waals surface area (Å²) in [7, 11) is 0. The predicted molar refractivity (Wildman–Crippen MR) is 126 cm³/mol. The number of nitrogens with two attached hydrogens (primary N) is 2. The molecule has 2 rings (SSSR count). The van der Waals surface area contributed by atoms with E-state index >= 15 is 0 Å². The van der Waals surface area contributed by atoms with E-state index in [1.165, 1.54) is 0 Å². The van der Waals surface area contributed by atoms with Crippen LogP contribution in [0.15, 0.2) is 0 Å². The number of carbonyl (C=O) groups is 4. The second-order valence-electron chi connectivity index (χ2n) is 8.75. The zero-order valence-corrected chi connectivity index (χ0v) is 19.9. The van der Waals surface area contributed by atoms with Crippen LogP contribution in [0.25, 0.3) is 0 Å². The van der Waals surface area contributed by atoms with Gasteiger partial charge in [-0.2, -0.15) is 11.8 Å². The molecule has 0 unspecified atom stereocenters. The molecule has 2 aliphatic rings. The highest BCUT2D eigenvalue weighted by Crippen LogP contribution is 2.33. The van der Waals surface area contributed by atoms with Crippen molar-refractivity contribution in [1.29, 1.82) is 0 Å². The molecule has 0 bridgehead atoms. The summed E-state index contributed by atoms with van der Waals surface area (Å²) in [5.41, 5.74) is 11.4. The molecule has 3 amide bonds. The lowest BCUT2D eigenvalue weighted by atomic mass is 9.97. The van der Waals surface area contributed by atoms with Gasteiger partial charge in [0.2, 0.25) is 17.5 Å². The summed E-state index contributed by atoms with van der Waals surface area (Å²) in [6.07, 6.45) is 6.59. The fourth-order valence-corrected chi connectivity index (χ4v) is 5.73. The van der Waals surface area contributed by atoms with E-state index in [0.717, 1.165) is 44.3 Å². The van der Waals surface area contributed by atoms with Crippen molar-refractivity contribution in [3.63, 3.8) is 0 Å². The number of hydrogen-bond donors (Lipinski definition) is 5. The van der Waals surface area contributed by atoms with E-state index < -0.39 is 23.7 Å². The molecule has 7 N–H and O–H groups in total. The molecular formula is C22H39N5O4S. The molecule has 0 aliphatic carbocycles. The van der Waals surface area contributed by atoms with Crippen molar-refractivity contribution in [2.24, 2.45) is 11.5 Å². The van der Waals surface area contributed by atoms with Gasteiger partial charge in [-0.3, -0.25) is 14.4 Å². The minimum absolute atomic E-state index is 0.106. The lowest BCUT2D eigenvalue weighted by molar-refractivity contribution is -0.139. The maximum Gasteiger partial charge on any atom is 0.315 e. The molecule has 182 valence electrons. The highest BCUT2D eigenvalue weighted by Gasteiger charge is 2.42. The topological polar surface area (TPSA) is 156 Å². The molecule has 0 aromatic carbocycles. The van der Waals surface area contributed by atoms with Crippen LogP contribution >= 0.6 is 11.8 Å². The van der Waals surface area contributed by atoms with Crippen LogP contribution in [-0.4, -0.2) is 65.2 Å². The molecule has 32 heavy (non-hydrogen) atoms. The van der Waals surface area contributed by atoms with Crippen molar-refractivity contribution in [1.82, 2.24) is 16.0 Å². The first-order valence-electron chi connectivity index (χ1n) is 11.9. The Kier molecular flexibility index (Phi) is 11.5. The number of Topliss-reactive ketones (excluding diaryl/α,β-unsaturated/α-hetero) is 2. The van der Waals surface area contributed by atoms with Gasteiger partial charge < -0.3 is 27.4 Å². The lowest BCUT2D eigenvalue weighted by Crippen LogP contribution is -2.50. The minimum atomic E-state index is -0.804. The molecule has 2 aliphatic heterocycles. The average Bonchev–Trinajstić information content (AvgIpc) is 3.32. The van der Waals surface area contributed by atoms with E-state index in [1.54, 1.807) is 0 Å².